The Morgan fingerprint density at radius 1 is 1.03 bits per heavy atom. The highest BCUT2D eigenvalue weighted by atomic mass is 16.3. The second-order valence-electron chi connectivity index (χ2n) is 12.6. The van der Waals surface area contributed by atoms with Crippen LogP contribution in [0.1, 0.15) is 98.8 Å². The molecule has 0 spiro atoms. The summed E-state index contributed by atoms with van der Waals surface area (Å²) in [4.78, 5) is 12.1. The molecule has 4 rings (SSSR count). The highest BCUT2D eigenvalue weighted by Gasteiger charge is 2.62. The van der Waals surface area contributed by atoms with Crippen molar-refractivity contribution in [1.82, 2.24) is 5.32 Å². The molecule has 172 valence electrons. The molecule has 3 aliphatic carbocycles. The van der Waals surface area contributed by atoms with Gasteiger partial charge in [0.25, 0.3) is 0 Å². The molecule has 0 bridgehead atoms. The number of rotatable bonds is 6. The third-order valence-electron chi connectivity index (χ3n) is 10.7. The van der Waals surface area contributed by atoms with E-state index in [1.807, 2.05) is 0 Å². The lowest BCUT2D eigenvalue weighted by atomic mass is 9.44. The van der Waals surface area contributed by atoms with E-state index in [0.717, 1.165) is 36.5 Å². The van der Waals surface area contributed by atoms with Crippen molar-refractivity contribution in [2.75, 3.05) is 6.61 Å². The van der Waals surface area contributed by atoms with Crippen molar-refractivity contribution in [2.45, 2.75) is 105 Å². The van der Waals surface area contributed by atoms with Crippen molar-refractivity contribution in [1.29, 1.82) is 0 Å². The van der Waals surface area contributed by atoms with E-state index >= 15 is 0 Å². The van der Waals surface area contributed by atoms with Gasteiger partial charge in [-0.1, -0.05) is 53.9 Å². The van der Waals surface area contributed by atoms with Gasteiger partial charge >= 0.3 is 0 Å². The summed E-state index contributed by atoms with van der Waals surface area (Å²) in [6.45, 7) is 12.6. The van der Waals surface area contributed by atoms with Crippen LogP contribution in [0, 0.1) is 52.3 Å². The van der Waals surface area contributed by atoms with Crippen molar-refractivity contribution in [3.8, 4) is 0 Å². The van der Waals surface area contributed by atoms with E-state index in [1.54, 1.807) is 0 Å². The highest BCUT2D eigenvalue weighted by Crippen LogP contribution is 2.67. The molecule has 1 heterocycles. The maximum absolute atomic E-state index is 12.1. The molecule has 3 nitrogen and oxygen atoms in total. The molecule has 6 unspecified atom stereocenters. The number of amides is 1. The summed E-state index contributed by atoms with van der Waals surface area (Å²) in [6.07, 6.45) is 12.2. The largest absolute Gasteiger partial charge is 0.396 e. The second kappa shape index (κ2) is 8.41. The van der Waals surface area contributed by atoms with Crippen molar-refractivity contribution in [2.24, 2.45) is 52.3 Å². The standard InChI is InChI=1S/C27H47NO2/c1-17(2)7-6-8-18(3)20-9-10-21-25-19(16-29)15-23-27(5,14-12-24(30)28-23)22(25)11-13-26(20,21)4/h17-23,25,29H,6-16H2,1-5H3,(H,28,30)/t18?,19-,20?,21?,22?,23?,25?,26-,27-/m1/s1. The van der Waals surface area contributed by atoms with Crippen LogP contribution >= 0.6 is 0 Å². The molecule has 0 radical (unpaired) electrons. The molecule has 0 aromatic carbocycles. The van der Waals surface area contributed by atoms with E-state index in [4.69, 9.17) is 0 Å². The number of hydrogen-bond donors (Lipinski definition) is 2. The molecule has 0 aromatic heterocycles. The first-order chi connectivity index (χ1) is 14.2. The number of nitrogens with one attached hydrogen (secondary N) is 1. The van der Waals surface area contributed by atoms with E-state index in [9.17, 15) is 9.90 Å². The Bertz CT molecular complexity index is 632. The summed E-state index contributed by atoms with van der Waals surface area (Å²) in [5.41, 5.74) is 0.680. The molecule has 3 saturated carbocycles. The molecule has 1 saturated heterocycles. The summed E-state index contributed by atoms with van der Waals surface area (Å²) in [7, 11) is 0. The molecule has 4 fully saturated rings. The third kappa shape index (κ3) is 3.65. The molecule has 1 aliphatic heterocycles. The number of aliphatic hydroxyl groups is 1. The van der Waals surface area contributed by atoms with Crippen LogP contribution in [-0.4, -0.2) is 23.7 Å². The van der Waals surface area contributed by atoms with Crippen LogP contribution in [0.2, 0.25) is 0 Å². The van der Waals surface area contributed by atoms with Crippen LogP contribution < -0.4 is 5.32 Å². The van der Waals surface area contributed by atoms with Crippen molar-refractivity contribution in [3.63, 3.8) is 0 Å². The number of hydrogen-bond acceptors (Lipinski definition) is 2. The van der Waals surface area contributed by atoms with E-state index in [2.05, 4.69) is 39.9 Å². The zero-order valence-electron chi connectivity index (χ0n) is 20.3. The van der Waals surface area contributed by atoms with Crippen molar-refractivity contribution >= 4 is 5.91 Å². The minimum atomic E-state index is 0.226. The number of carbonyl (C=O) groups excluding carboxylic acids is 1. The van der Waals surface area contributed by atoms with Gasteiger partial charge < -0.3 is 10.4 Å². The Hall–Kier alpha value is -0.570. The number of fused-ring (bicyclic) bond motifs is 5. The second-order valence-corrected chi connectivity index (χ2v) is 12.6. The summed E-state index contributed by atoms with van der Waals surface area (Å²) in [5.74, 6) is 5.17. The molecule has 0 aromatic rings. The lowest BCUT2D eigenvalue weighted by Crippen LogP contribution is -2.63. The highest BCUT2D eigenvalue weighted by molar-refractivity contribution is 5.77. The fourth-order valence-corrected chi connectivity index (χ4v) is 9.06. The Morgan fingerprint density at radius 2 is 1.77 bits per heavy atom. The summed E-state index contributed by atoms with van der Waals surface area (Å²) in [5, 5.41) is 13.7. The summed E-state index contributed by atoms with van der Waals surface area (Å²) < 4.78 is 0. The average Bonchev–Trinajstić information content (AvgIpc) is 3.05. The minimum Gasteiger partial charge on any atom is -0.396 e. The van der Waals surface area contributed by atoms with Gasteiger partial charge in [0, 0.05) is 19.1 Å². The van der Waals surface area contributed by atoms with Gasteiger partial charge in [-0.3, -0.25) is 4.79 Å². The Kier molecular flexibility index (Phi) is 6.34. The van der Waals surface area contributed by atoms with Gasteiger partial charge in [0.2, 0.25) is 5.91 Å². The number of aliphatic hydroxyl groups excluding tert-OH is 1. The first kappa shape index (κ1) is 22.6. The van der Waals surface area contributed by atoms with Gasteiger partial charge in [-0.05, 0) is 90.8 Å². The number of carbonyl (C=O) groups is 1. The van der Waals surface area contributed by atoms with Crippen LogP contribution in [0.5, 0.6) is 0 Å². The first-order valence-electron chi connectivity index (χ1n) is 13.1. The van der Waals surface area contributed by atoms with Gasteiger partial charge in [0.15, 0.2) is 0 Å². The Morgan fingerprint density at radius 3 is 2.47 bits per heavy atom. The summed E-state index contributed by atoms with van der Waals surface area (Å²) >= 11 is 0. The Balaban J connectivity index is 1.54. The van der Waals surface area contributed by atoms with Gasteiger partial charge in [0.05, 0.1) is 0 Å². The lowest BCUT2D eigenvalue weighted by Gasteiger charge is -2.62. The maximum atomic E-state index is 12.1. The van der Waals surface area contributed by atoms with Crippen molar-refractivity contribution in [3.05, 3.63) is 0 Å². The van der Waals surface area contributed by atoms with E-state index < -0.39 is 0 Å². The van der Waals surface area contributed by atoms with E-state index in [1.165, 1.54) is 44.9 Å². The third-order valence-corrected chi connectivity index (χ3v) is 10.7. The molecule has 4 aliphatic rings. The predicted molar refractivity (Wildman–Crippen MR) is 123 cm³/mol. The van der Waals surface area contributed by atoms with Crippen LogP contribution in [0.3, 0.4) is 0 Å². The maximum Gasteiger partial charge on any atom is 0.220 e. The van der Waals surface area contributed by atoms with Gasteiger partial charge in [-0.2, -0.15) is 0 Å². The molecule has 1 amide bonds. The first-order valence-corrected chi connectivity index (χ1v) is 13.1. The van der Waals surface area contributed by atoms with E-state index in [0.29, 0.717) is 36.2 Å². The normalized spacial score (nSPS) is 46.7. The van der Waals surface area contributed by atoms with Gasteiger partial charge in [0.1, 0.15) is 0 Å². The molecule has 2 N–H and O–H groups in total. The van der Waals surface area contributed by atoms with Crippen LogP contribution in [-0.2, 0) is 4.79 Å². The smallest absolute Gasteiger partial charge is 0.220 e. The predicted octanol–water partition coefficient (Wildman–Crippen LogP) is 5.80. The van der Waals surface area contributed by atoms with Crippen LogP contribution in [0.15, 0.2) is 0 Å². The lowest BCUT2D eigenvalue weighted by molar-refractivity contribution is -0.149. The molecular formula is C27H47NO2. The Labute approximate surface area is 185 Å². The van der Waals surface area contributed by atoms with Gasteiger partial charge in [-0.15, -0.1) is 0 Å². The van der Waals surface area contributed by atoms with Crippen LogP contribution in [0.4, 0.5) is 0 Å². The topological polar surface area (TPSA) is 49.3 Å². The molecule has 30 heavy (non-hydrogen) atoms. The SMILES string of the molecule is CC(C)CCCC(C)C1CCC2C3C(CC[C@]12C)[C@@]1(C)CCC(=O)NC1C[C@@H]3CO. The zero-order valence-corrected chi connectivity index (χ0v) is 20.3. The quantitative estimate of drug-likeness (QED) is 0.573. The molecule has 3 heteroatoms. The van der Waals surface area contributed by atoms with Gasteiger partial charge in [-0.25, -0.2) is 0 Å². The molecule has 9 atom stereocenters. The zero-order chi connectivity index (χ0) is 21.7. The number of piperidine rings is 1. The van der Waals surface area contributed by atoms with E-state index in [-0.39, 0.29) is 17.4 Å². The fraction of sp³-hybridized carbons (Fsp3) is 0.963. The monoisotopic (exact) mass is 417 g/mol. The minimum absolute atomic E-state index is 0.226. The van der Waals surface area contributed by atoms with Crippen LogP contribution in [0.25, 0.3) is 0 Å². The summed E-state index contributed by atoms with van der Waals surface area (Å²) in [6, 6.07) is 0.272. The molecular weight excluding hydrogens is 370 g/mol. The average molecular weight is 418 g/mol. The van der Waals surface area contributed by atoms with Crippen molar-refractivity contribution < 1.29 is 9.90 Å². The fourth-order valence-electron chi connectivity index (χ4n) is 9.06.